The molecule has 1 N–H and O–H groups in total. The number of aromatic nitrogens is 2. The summed E-state index contributed by atoms with van der Waals surface area (Å²) in [5, 5.41) is 7.13. The number of benzene rings is 1. The van der Waals surface area contributed by atoms with Gasteiger partial charge in [-0.1, -0.05) is 6.07 Å². The Kier molecular flexibility index (Phi) is 4.91. The number of likely N-dealkylation sites (tertiary alicyclic amines) is 1. The maximum Gasteiger partial charge on any atom is 0.321 e. The Morgan fingerprint density at radius 3 is 2.83 bits per heavy atom. The first-order valence-electron chi connectivity index (χ1n) is 9.60. The maximum absolute atomic E-state index is 12.8. The van der Waals surface area contributed by atoms with E-state index in [-0.39, 0.29) is 17.5 Å². The monoisotopic (exact) mass is 398 g/mol. The van der Waals surface area contributed by atoms with E-state index < -0.39 is 0 Å². The number of anilines is 2. The first kappa shape index (κ1) is 19.3. The number of rotatable bonds is 3. The number of hydrogen-bond donors (Lipinski definition) is 1. The highest BCUT2D eigenvalue weighted by Crippen LogP contribution is 2.33. The second-order valence-corrected chi connectivity index (χ2v) is 7.77. The van der Waals surface area contributed by atoms with Gasteiger partial charge in [-0.2, -0.15) is 5.10 Å². The lowest BCUT2D eigenvalue weighted by Crippen LogP contribution is -2.64. The van der Waals surface area contributed by atoms with Crippen molar-refractivity contribution < 1.29 is 14.3 Å². The molecular weight excluding hydrogens is 372 g/mol. The molecule has 9 heteroatoms. The second kappa shape index (κ2) is 7.40. The Balaban J connectivity index is 1.47. The van der Waals surface area contributed by atoms with Crippen molar-refractivity contribution in [3.8, 4) is 5.75 Å². The Morgan fingerprint density at radius 2 is 2.10 bits per heavy atom. The Labute approximate surface area is 169 Å². The van der Waals surface area contributed by atoms with E-state index in [1.54, 1.807) is 29.0 Å². The van der Waals surface area contributed by atoms with Crippen LogP contribution in [0, 0.1) is 0 Å². The van der Waals surface area contributed by atoms with Crippen molar-refractivity contribution in [2.24, 2.45) is 7.05 Å². The van der Waals surface area contributed by atoms with Gasteiger partial charge in [0, 0.05) is 44.6 Å². The van der Waals surface area contributed by atoms with Gasteiger partial charge in [0.25, 0.3) is 0 Å². The molecule has 0 saturated carbocycles. The lowest BCUT2D eigenvalue weighted by molar-refractivity contribution is -0.123. The molecule has 4 rings (SSSR count). The molecule has 0 bridgehead atoms. The average molecular weight is 398 g/mol. The molecule has 2 aliphatic heterocycles. The van der Waals surface area contributed by atoms with Gasteiger partial charge in [0.1, 0.15) is 5.75 Å². The third kappa shape index (κ3) is 3.65. The van der Waals surface area contributed by atoms with Gasteiger partial charge in [-0.05, 0) is 25.6 Å². The highest BCUT2D eigenvalue weighted by atomic mass is 16.5. The zero-order chi connectivity index (χ0) is 20.6. The lowest BCUT2D eigenvalue weighted by Gasteiger charge is -2.46. The van der Waals surface area contributed by atoms with Crippen LogP contribution in [0.5, 0.6) is 5.75 Å². The number of carbonyl (C=O) groups is 2. The molecule has 29 heavy (non-hydrogen) atoms. The van der Waals surface area contributed by atoms with Gasteiger partial charge in [0.2, 0.25) is 5.91 Å². The third-order valence-electron chi connectivity index (χ3n) is 5.88. The van der Waals surface area contributed by atoms with E-state index in [2.05, 4.69) is 15.3 Å². The Morgan fingerprint density at radius 1 is 1.28 bits per heavy atom. The zero-order valence-electron chi connectivity index (χ0n) is 17.0. The third-order valence-corrected chi connectivity index (χ3v) is 5.88. The molecule has 9 nitrogen and oxygen atoms in total. The van der Waals surface area contributed by atoms with Crippen LogP contribution in [0.1, 0.15) is 6.42 Å². The molecule has 2 fully saturated rings. The number of carbonyl (C=O) groups excluding carboxylic acids is 2. The predicted octanol–water partition coefficient (Wildman–Crippen LogP) is 1.38. The van der Waals surface area contributed by atoms with Crippen LogP contribution in [-0.4, -0.2) is 77.4 Å². The van der Waals surface area contributed by atoms with Crippen molar-refractivity contribution in [2.75, 3.05) is 50.6 Å². The largest absolute Gasteiger partial charge is 0.497 e. The van der Waals surface area contributed by atoms with E-state index in [4.69, 9.17) is 4.74 Å². The average Bonchev–Trinajstić information content (AvgIpc) is 3.32. The van der Waals surface area contributed by atoms with Crippen molar-refractivity contribution in [1.82, 2.24) is 19.6 Å². The number of urea groups is 1. The van der Waals surface area contributed by atoms with E-state index in [1.165, 1.54) is 0 Å². The Hall–Kier alpha value is -3.07. The highest BCUT2D eigenvalue weighted by Gasteiger charge is 2.48. The molecule has 1 aromatic heterocycles. The summed E-state index contributed by atoms with van der Waals surface area (Å²) in [6.07, 6.45) is 4.36. The van der Waals surface area contributed by atoms with Crippen LogP contribution in [-0.2, 0) is 11.8 Å². The van der Waals surface area contributed by atoms with Gasteiger partial charge in [0.05, 0.1) is 31.1 Å². The first-order valence-corrected chi connectivity index (χ1v) is 9.60. The van der Waals surface area contributed by atoms with E-state index in [0.29, 0.717) is 37.6 Å². The summed E-state index contributed by atoms with van der Waals surface area (Å²) < 4.78 is 6.91. The Bertz CT molecular complexity index is 928. The molecule has 1 aromatic carbocycles. The van der Waals surface area contributed by atoms with Gasteiger partial charge in [-0.3, -0.25) is 14.4 Å². The van der Waals surface area contributed by atoms with E-state index in [1.807, 2.05) is 43.4 Å². The molecule has 3 heterocycles. The quantitative estimate of drug-likeness (QED) is 0.845. The zero-order valence-corrected chi connectivity index (χ0v) is 17.0. The van der Waals surface area contributed by atoms with Crippen LogP contribution in [0.2, 0.25) is 0 Å². The molecular formula is C20H26N6O3. The standard InChI is InChI=1S/C20H26N6O3/c1-23-12-18(27)26(16-10-21-24(2)11-16)14-20(23)7-8-25(13-20)19(28)22-15-5-4-6-17(9-15)29-3/h4-6,9-11H,7-8,12-14H2,1-3H3,(H,22,28). The van der Waals surface area contributed by atoms with Crippen LogP contribution in [0.3, 0.4) is 0 Å². The predicted molar refractivity (Wildman–Crippen MR) is 109 cm³/mol. The van der Waals surface area contributed by atoms with Gasteiger partial charge in [-0.25, -0.2) is 4.79 Å². The molecule has 154 valence electrons. The number of piperazine rings is 1. The fourth-order valence-electron chi connectivity index (χ4n) is 4.12. The number of amides is 3. The van der Waals surface area contributed by atoms with Crippen molar-refractivity contribution in [1.29, 1.82) is 0 Å². The molecule has 2 aromatic rings. The molecule has 3 amide bonds. The summed E-state index contributed by atoms with van der Waals surface area (Å²) in [5.74, 6) is 0.740. The molecule has 1 spiro atoms. The number of hydrogen-bond acceptors (Lipinski definition) is 5. The molecule has 0 radical (unpaired) electrons. The number of likely N-dealkylation sites (N-methyl/N-ethyl adjacent to an activating group) is 1. The minimum absolute atomic E-state index is 0.0467. The second-order valence-electron chi connectivity index (χ2n) is 7.77. The molecule has 1 atom stereocenters. The van der Waals surface area contributed by atoms with Crippen molar-refractivity contribution >= 4 is 23.3 Å². The smallest absolute Gasteiger partial charge is 0.321 e. The van der Waals surface area contributed by atoms with E-state index in [0.717, 1.165) is 12.1 Å². The van der Waals surface area contributed by atoms with Crippen LogP contribution in [0.25, 0.3) is 0 Å². The van der Waals surface area contributed by atoms with Crippen molar-refractivity contribution in [3.05, 3.63) is 36.7 Å². The molecule has 2 aliphatic rings. The summed E-state index contributed by atoms with van der Waals surface area (Å²) >= 11 is 0. The number of aryl methyl sites for hydroxylation is 1. The van der Waals surface area contributed by atoms with Crippen LogP contribution < -0.4 is 15.0 Å². The van der Waals surface area contributed by atoms with Gasteiger partial charge < -0.3 is 19.9 Å². The number of methoxy groups -OCH3 is 1. The summed E-state index contributed by atoms with van der Waals surface area (Å²) in [5.41, 5.74) is 1.22. The summed E-state index contributed by atoms with van der Waals surface area (Å²) in [6.45, 7) is 2.05. The van der Waals surface area contributed by atoms with Gasteiger partial charge in [0.15, 0.2) is 0 Å². The fraction of sp³-hybridized carbons (Fsp3) is 0.450. The van der Waals surface area contributed by atoms with E-state index >= 15 is 0 Å². The van der Waals surface area contributed by atoms with Crippen molar-refractivity contribution in [3.63, 3.8) is 0 Å². The van der Waals surface area contributed by atoms with Crippen LogP contribution in [0.15, 0.2) is 36.7 Å². The van der Waals surface area contributed by atoms with Crippen LogP contribution >= 0.6 is 0 Å². The number of nitrogens with one attached hydrogen (secondary N) is 1. The first-order chi connectivity index (χ1) is 13.9. The fourth-order valence-corrected chi connectivity index (χ4v) is 4.12. The summed E-state index contributed by atoms with van der Waals surface area (Å²) in [4.78, 5) is 31.1. The molecule has 2 saturated heterocycles. The minimum atomic E-state index is -0.268. The summed E-state index contributed by atoms with van der Waals surface area (Å²) in [7, 11) is 5.39. The van der Waals surface area contributed by atoms with Crippen molar-refractivity contribution in [2.45, 2.75) is 12.0 Å². The minimum Gasteiger partial charge on any atom is -0.497 e. The maximum atomic E-state index is 12.8. The summed E-state index contributed by atoms with van der Waals surface area (Å²) in [6, 6.07) is 7.16. The molecule has 1 unspecified atom stereocenters. The highest BCUT2D eigenvalue weighted by molar-refractivity contribution is 5.96. The number of ether oxygens (including phenoxy) is 1. The van der Waals surface area contributed by atoms with Gasteiger partial charge in [-0.15, -0.1) is 0 Å². The SMILES string of the molecule is COc1cccc(NC(=O)N2CCC3(C2)CN(c2cnn(C)c2)C(=O)CN3C)c1. The molecule has 0 aliphatic carbocycles. The number of nitrogens with zero attached hydrogens (tertiary/aromatic N) is 5. The normalized spacial score (nSPS) is 22.4. The topological polar surface area (TPSA) is 82.9 Å². The van der Waals surface area contributed by atoms with Crippen LogP contribution in [0.4, 0.5) is 16.2 Å². The van der Waals surface area contributed by atoms with Gasteiger partial charge >= 0.3 is 6.03 Å². The lowest BCUT2D eigenvalue weighted by atomic mass is 9.93. The van der Waals surface area contributed by atoms with E-state index in [9.17, 15) is 9.59 Å².